The van der Waals surface area contributed by atoms with Crippen molar-refractivity contribution in [2.45, 2.75) is 19.1 Å². The summed E-state index contributed by atoms with van der Waals surface area (Å²) >= 11 is 0. The highest BCUT2D eigenvalue weighted by Crippen LogP contribution is 2.17. The highest BCUT2D eigenvalue weighted by molar-refractivity contribution is 5.95. The number of nitrogens with zero attached hydrogens (tertiary/aromatic N) is 2. The minimum absolute atomic E-state index is 0.119. The van der Waals surface area contributed by atoms with Gasteiger partial charge in [-0.15, -0.1) is 0 Å². The average molecular weight is 548 g/mol. The molecule has 0 aliphatic heterocycles. The predicted molar refractivity (Wildman–Crippen MR) is 157 cm³/mol. The Labute approximate surface area is 237 Å². The zero-order valence-electron chi connectivity index (χ0n) is 22.4. The number of hydrogen-bond acceptors (Lipinski definition) is 5. The Morgan fingerprint density at radius 1 is 0.854 bits per heavy atom. The van der Waals surface area contributed by atoms with Gasteiger partial charge < -0.3 is 24.3 Å². The number of carboxylic acids is 1. The highest BCUT2D eigenvalue weighted by Gasteiger charge is 2.22. The van der Waals surface area contributed by atoms with Crippen LogP contribution in [0.3, 0.4) is 0 Å². The first kappa shape index (κ1) is 27.2. The molecule has 8 nitrogen and oxygen atoms in total. The zero-order chi connectivity index (χ0) is 28.6. The van der Waals surface area contributed by atoms with Gasteiger partial charge in [0.2, 0.25) is 0 Å². The topological polar surface area (TPSA) is 102 Å². The van der Waals surface area contributed by atoms with Gasteiger partial charge in [0.1, 0.15) is 35.5 Å². The Bertz CT molecular complexity index is 1660. The number of carbonyl (C=O) groups excluding carboxylic acids is 1. The van der Waals surface area contributed by atoms with Gasteiger partial charge in [-0.05, 0) is 58.7 Å². The van der Waals surface area contributed by atoms with Crippen LogP contribution >= 0.6 is 0 Å². The largest absolute Gasteiger partial charge is 0.497 e. The van der Waals surface area contributed by atoms with Crippen LogP contribution in [0.5, 0.6) is 11.5 Å². The second-order valence-corrected chi connectivity index (χ2v) is 9.45. The van der Waals surface area contributed by atoms with E-state index < -0.39 is 17.9 Å². The van der Waals surface area contributed by atoms with E-state index in [0.717, 1.165) is 28.0 Å². The second-order valence-electron chi connectivity index (χ2n) is 9.45. The summed E-state index contributed by atoms with van der Waals surface area (Å²) < 4.78 is 12.7. The van der Waals surface area contributed by atoms with Crippen molar-refractivity contribution in [2.24, 2.45) is 0 Å². The van der Waals surface area contributed by atoms with Crippen LogP contribution in [-0.4, -0.2) is 39.5 Å². The highest BCUT2D eigenvalue weighted by atomic mass is 16.5. The first-order chi connectivity index (χ1) is 20.0. The van der Waals surface area contributed by atoms with Gasteiger partial charge in [-0.1, -0.05) is 66.7 Å². The number of rotatable bonds is 11. The molecule has 8 heteroatoms. The molecule has 0 radical (unpaired) electrons. The molecule has 2 aromatic heterocycles. The Balaban J connectivity index is 1.21. The molecule has 0 saturated heterocycles. The first-order valence-corrected chi connectivity index (χ1v) is 13.1. The maximum atomic E-state index is 12.9. The molecule has 2 N–H and O–H groups in total. The number of hydrogen-bond donors (Lipinski definition) is 2. The van der Waals surface area contributed by atoms with Crippen LogP contribution in [0.1, 0.15) is 32.7 Å². The lowest BCUT2D eigenvalue weighted by molar-refractivity contribution is -0.139. The van der Waals surface area contributed by atoms with E-state index >= 15 is 0 Å². The van der Waals surface area contributed by atoms with Crippen LogP contribution in [0.4, 0.5) is 0 Å². The fourth-order valence-corrected chi connectivity index (χ4v) is 4.26. The fraction of sp³-hybridized carbons (Fsp3) is 0.121. The molecule has 1 amide bonds. The number of pyridine rings is 1. The van der Waals surface area contributed by atoms with E-state index in [1.54, 1.807) is 48.0 Å². The number of carbonyl (C=O) groups is 2. The molecule has 1 atom stereocenters. The van der Waals surface area contributed by atoms with Gasteiger partial charge in [0.05, 0.1) is 7.11 Å². The van der Waals surface area contributed by atoms with Crippen LogP contribution in [0.2, 0.25) is 0 Å². The maximum absolute atomic E-state index is 12.9. The number of imidazole rings is 1. The van der Waals surface area contributed by atoms with E-state index in [2.05, 4.69) is 10.3 Å². The summed E-state index contributed by atoms with van der Waals surface area (Å²) in [6.45, 7) is 0.438. The molecule has 3 aromatic carbocycles. The van der Waals surface area contributed by atoms with E-state index in [1.807, 2.05) is 79.0 Å². The second kappa shape index (κ2) is 12.7. The van der Waals surface area contributed by atoms with Crippen molar-refractivity contribution in [3.05, 3.63) is 131 Å². The van der Waals surface area contributed by atoms with E-state index in [1.165, 1.54) is 0 Å². The summed E-state index contributed by atoms with van der Waals surface area (Å²) in [4.78, 5) is 29.3. The summed E-state index contributed by atoms with van der Waals surface area (Å²) in [5, 5.41) is 12.4. The fourth-order valence-electron chi connectivity index (χ4n) is 4.26. The van der Waals surface area contributed by atoms with Crippen LogP contribution < -0.4 is 14.8 Å². The number of carboxylic acid groups (broad SMARTS) is 1. The lowest BCUT2D eigenvalue weighted by atomic mass is 10.1. The lowest BCUT2D eigenvalue weighted by Crippen LogP contribution is -2.42. The van der Waals surface area contributed by atoms with Gasteiger partial charge in [-0.25, -0.2) is 9.78 Å². The van der Waals surface area contributed by atoms with Gasteiger partial charge >= 0.3 is 5.97 Å². The van der Waals surface area contributed by atoms with Crippen molar-refractivity contribution in [3.8, 4) is 11.5 Å². The van der Waals surface area contributed by atoms with E-state index in [4.69, 9.17) is 9.47 Å². The number of amides is 1. The van der Waals surface area contributed by atoms with Crippen LogP contribution in [0.15, 0.2) is 103 Å². The van der Waals surface area contributed by atoms with Gasteiger partial charge in [0.25, 0.3) is 5.91 Å². The van der Waals surface area contributed by atoms with E-state index in [9.17, 15) is 14.7 Å². The monoisotopic (exact) mass is 547 g/mol. The van der Waals surface area contributed by atoms with Crippen LogP contribution in [-0.2, 0) is 17.8 Å². The molecular weight excluding hydrogens is 518 g/mol. The molecule has 2 heterocycles. The Kier molecular flexibility index (Phi) is 8.40. The Morgan fingerprint density at radius 3 is 2.24 bits per heavy atom. The molecule has 0 spiro atoms. The van der Waals surface area contributed by atoms with Crippen molar-refractivity contribution >= 4 is 29.7 Å². The van der Waals surface area contributed by atoms with Crippen molar-refractivity contribution in [2.75, 3.05) is 7.11 Å². The molecular formula is C33H29N3O5. The summed E-state index contributed by atoms with van der Waals surface area (Å²) in [7, 11) is 1.63. The first-order valence-electron chi connectivity index (χ1n) is 13.1. The number of aliphatic carboxylic acids is 1. The maximum Gasteiger partial charge on any atom is 0.326 e. The smallest absolute Gasteiger partial charge is 0.326 e. The lowest BCUT2D eigenvalue weighted by Gasteiger charge is -2.14. The van der Waals surface area contributed by atoms with Crippen molar-refractivity contribution in [1.82, 2.24) is 14.7 Å². The summed E-state index contributed by atoms with van der Waals surface area (Å²) in [5.41, 5.74) is 4.46. The number of fused-ring (bicyclic) bond motifs is 1. The van der Waals surface area contributed by atoms with Gasteiger partial charge in [0.15, 0.2) is 0 Å². The molecule has 0 unspecified atom stereocenters. The SMILES string of the molecule is COc1ccc(C=Cc2ccc3nc(C(=O)N[C@@H](Cc4ccc(OCc5ccccc5)cc4)C(=O)O)cn3c2)cc1. The summed E-state index contributed by atoms with van der Waals surface area (Å²) in [5.74, 6) is -0.215. The predicted octanol–water partition coefficient (Wildman–Crippen LogP) is 5.52. The third kappa shape index (κ3) is 7.19. The normalized spacial score (nSPS) is 11.8. The molecule has 5 aromatic rings. The number of nitrogens with one attached hydrogen (secondary N) is 1. The molecule has 206 valence electrons. The third-order valence-electron chi connectivity index (χ3n) is 6.51. The van der Waals surface area contributed by atoms with Crippen molar-refractivity contribution < 1.29 is 24.2 Å². The minimum Gasteiger partial charge on any atom is -0.497 e. The molecule has 41 heavy (non-hydrogen) atoms. The minimum atomic E-state index is -1.13. The summed E-state index contributed by atoms with van der Waals surface area (Å²) in [6.07, 6.45) is 7.50. The summed E-state index contributed by atoms with van der Waals surface area (Å²) in [6, 6.07) is 27.3. The molecule has 0 fully saturated rings. The number of methoxy groups -OCH3 is 1. The number of aromatic nitrogens is 2. The molecule has 5 rings (SSSR count). The van der Waals surface area contributed by atoms with Crippen LogP contribution in [0, 0.1) is 0 Å². The van der Waals surface area contributed by atoms with Crippen molar-refractivity contribution in [1.29, 1.82) is 0 Å². The molecule has 0 saturated carbocycles. The molecule has 0 aliphatic carbocycles. The van der Waals surface area contributed by atoms with Gasteiger partial charge in [-0.3, -0.25) is 4.79 Å². The zero-order valence-corrected chi connectivity index (χ0v) is 22.4. The van der Waals surface area contributed by atoms with E-state index in [0.29, 0.717) is 18.0 Å². The molecule has 0 bridgehead atoms. The third-order valence-corrected chi connectivity index (χ3v) is 6.51. The van der Waals surface area contributed by atoms with E-state index in [-0.39, 0.29) is 12.1 Å². The van der Waals surface area contributed by atoms with Gasteiger partial charge in [-0.2, -0.15) is 0 Å². The standard InChI is InChI=1S/C33H29N3O5/c1-40-27-14-9-23(10-15-27)7-8-25-13-18-31-34-30(21-36(31)20-25)32(37)35-29(33(38)39)19-24-11-16-28(17-12-24)41-22-26-5-3-2-4-6-26/h2-18,20-21,29H,19,22H2,1H3,(H,35,37)(H,38,39)/t29-/m0/s1. The van der Waals surface area contributed by atoms with Crippen molar-refractivity contribution in [3.63, 3.8) is 0 Å². The Hall–Kier alpha value is -5.37. The van der Waals surface area contributed by atoms with Crippen LogP contribution in [0.25, 0.3) is 17.8 Å². The number of ether oxygens (including phenoxy) is 2. The molecule has 0 aliphatic rings. The average Bonchev–Trinajstić information content (AvgIpc) is 3.44. The Morgan fingerprint density at radius 2 is 1.54 bits per heavy atom. The number of benzene rings is 3. The quantitative estimate of drug-likeness (QED) is 0.226. The van der Waals surface area contributed by atoms with Gasteiger partial charge in [0, 0.05) is 18.8 Å².